The summed E-state index contributed by atoms with van der Waals surface area (Å²) < 4.78 is 0. The average Bonchev–Trinajstić information content (AvgIpc) is 2.17. The standard InChI is InChI=1S/C15H18/c1-5-8-14(11-12(2)3)15-10-7-6-9-13(15)4/h5-11H,2H2,1,3-4H3/b8-5-,14-11+. The molecule has 1 aromatic carbocycles. The summed E-state index contributed by atoms with van der Waals surface area (Å²) in [6.45, 7) is 10.1. The van der Waals surface area contributed by atoms with E-state index in [0.717, 1.165) is 5.57 Å². The van der Waals surface area contributed by atoms with Gasteiger partial charge < -0.3 is 0 Å². The van der Waals surface area contributed by atoms with Crippen molar-refractivity contribution in [3.8, 4) is 0 Å². The van der Waals surface area contributed by atoms with Gasteiger partial charge in [0.25, 0.3) is 0 Å². The van der Waals surface area contributed by atoms with E-state index in [-0.39, 0.29) is 0 Å². The molecular weight excluding hydrogens is 180 g/mol. The van der Waals surface area contributed by atoms with Gasteiger partial charge in [-0.05, 0) is 37.5 Å². The van der Waals surface area contributed by atoms with E-state index in [4.69, 9.17) is 0 Å². The molecule has 0 aliphatic carbocycles. The SMILES string of the molecule is C=C(C)/C=C(\C=C/C)c1ccccc1C. The van der Waals surface area contributed by atoms with Crippen LogP contribution in [0, 0.1) is 6.92 Å². The highest BCUT2D eigenvalue weighted by atomic mass is 14.0. The summed E-state index contributed by atoms with van der Waals surface area (Å²) >= 11 is 0. The normalized spacial score (nSPS) is 12.1. The quantitative estimate of drug-likeness (QED) is 0.626. The van der Waals surface area contributed by atoms with E-state index in [1.165, 1.54) is 16.7 Å². The molecule has 0 fully saturated rings. The fourth-order valence-electron chi connectivity index (χ4n) is 1.56. The van der Waals surface area contributed by atoms with Crippen LogP contribution in [0.5, 0.6) is 0 Å². The zero-order chi connectivity index (χ0) is 11.3. The van der Waals surface area contributed by atoms with Gasteiger partial charge in [0.2, 0.25) is 0 Å². The summed E-state index contributed by atoms with van der Waals surface area (Å²) in [6.07, 6.45) is 6.29. The first-order chi connectivity index (χ1) is 7.15. The van der Waals surface area contributed by atoms with Crippen LogP contribution < -0.4 is 0 Å². The lowest BCUT2D eigenvalue weighted by Gasteiger charge is -2.06. The summed E-state index contributed by atoms with van der Waals surface area (Å²) in [4.78, 5) is 0. The van der Waals surface area contributed by atoms with E-state index in [2.05, 4.69) is 56.0 Å². The van der Waals surface area contributed by atoms with Crippen molar-refractivity contribution < 1.29 is 0 Å². The van der Waals surface area contributed by atoms with Gasteiger partial charge in [0.15, 0.2) is 0 Å². The Hall–Kier alpha value is -1.56. The van der Waals surface area contributed by atoms with Crippen molar-refractivity contribution in [2.24, 2.45) is 0 Å². The topological polar surface area (TPSA) is 0 Å². The van der Waals surface area contributed by atoms with Crippen molar-refractivity contribution >= 4 is 5.57 Å². The highest BCUT2D eigenvalue weighted by Crippen LogP contribution is 2.21. The largest absolute Gasteiger partial charge is 0.0961 e. The third kappa shape index (κ3) is 3.25. The number of hydrogen-bond acceptors (Lipinski definition) is 0. The van der Waals surface area contributed by atoms with Crippen LogP contribution in [-0.4, -0.2) is 0 Å². The van der Waals surface area contributed by atoms with Crippen LogP contribution >= 0.6 is 0 Å². The molecule has 0 bridgehead atoms. The lowest BCUT2D eigenvalue weighted by Crippen LogP contribution is -1.86. The summed E-state index contributed by atoms with van der Waals surface area (Å²) in [6, 6.07) is 8.40. The summed E-state index contributed by atoms with van der Waals surface area (Å²) in [5, 5.41) is 0. The minimum absolute atomic E-state index is 1.08. The zero-order valence-electron chi connectivity index (χ0n) is 9.75. The van der Waals surface area contributed by atoms with Crippen molar-refractivity contribution in [3.05, 3.63) is 65.8 Å². The van der Waals surface area contributed by atoms with Crippen LogP contribution in [0.2, 0.25) is 0 Å². The zero-order valence-corrected chi connectivity index (χ0v) is 9.75. The van der Waals surface area contributed by atoms with Crippen molar-refractivity contribution in [1.29, 1.82) is 0 Å². The van der Waals surface area contributed by atoms with E-state index in [1.807, 2.05) is 13.8 Å². The maximum absolute atomic E-state index is 3.92. The van der Waals surface area contributed by atoms with Crippen LogP contribution in [-0.2, 0) is 0 Å². The third-order valence-corrected chi connectivity index (χ3v) is 2.20. The van der Waals surface area contributed by atoms with Crippen molar-refractivity contribution in [2.45, 2.75) is 20.8 Å². The molecular formula is C15H18. The van der Waals surface area contributed by atoms with Gasteiger partial charge >= 0.3 is 0 Å². The molecule has 1 aromatic rings. The minimum Gasteiger partial charge on any atom is -0.0961 e. The number of allylic oxidation sites excluding steroid dienone is 5. The van der Waals surface area contributed by atoms with Crippen molar-refractivity contribution in [3.63, 3.8) is 0 Å². The molecule has 0 radical (unpaired) electrons. The van der Waals surface area contributed by atoms with Crippen molar-refractivity contribution in [2.75, 3.05) is 0 Å². The van der Waals surface area contributed by atoms with E-state index < -0.39 is 0 Å². The van der Waals surface area contributed by atoms with Gasteiger partial charge in [-0.2, -0.15) is 0 Å². The molecule has 0 amide bonds. The Morgan fingerprint density at radius 1 is 1.27 bits per heavy atom. The second-order valence-corrected chi connectivity index (χ2v) is 3.76. The molecule has 0 nitrogen and oxygen atoms in total. The Bertz CT molecular complexity index is 406. The Morgan fingerprint density at radius 3 is 2.47 bits per heavy atom. The molecule has 0 heterocycles. The number of aryl methyl sites for hydroxylation is 1. The molecule has 0 spiro atoms. The van der Waals surface area contributed by atoms with Gasteiger partial charge in [-0.1, -0.05) is 54.6 Å². The first-order valence-corrected chi connectivity index (χ1v) is 5.21. The fourth-order valence-corrected chi connectivity index (χ4v) is 1.56. The van der Waals surface area contributed by atoms with Gasteiger partial charge in [-0.3, -0.25) is 0 Å². The molecule has 0 aliphatic rings. The van der Waals surface area contributed by atoms with Crippen LogP contribution in [0.4, 0.5) is 0 Å². The van der Waals surface area contributed by atoms with E-state index in [9.17, 15) is 0 Å². The lowest BCUT2D eigenvalue weighted by atomic mass is 9.99. The molecule has 0 N–H and O–H groups in total. The van der Waals surface area contributed by atoms with E-state index >= 15 is 0 Å². The first-order valence-electron chi connectivity index (χ1n) is 5.21. The van der Waals surface area contributed by atoms with Gasteiger partial charge in [0, 0.05) is 0 Å². The summed E-state index contributed by atoms with van der Waals surface area (Å²) in [5.41, 5.74) is 4.87. The van der Waals surface area contributed by atoms with Crippen molar-refractivity contribution in [1.82, 2.24) is 0 Å². The van der Waals surface area contributed by atoms with Crippen LogP contribution in [0.15, 0.2) is 54.6 Å². The Labute approximate surface area is 92.6 Å². The minimum atomic E-state index is 1.08. The third-order valence-electron chi connectivity index (χ3n) is 2.20. The molecule has 0 aliphatic heterocycles. The predicted octanol–water partition coefficient (Wildman–Crippen LogP) is 4.53. The van der Waals surface area contributed by atoms with Gasteiger partial charge in [-0.25, -0.2) is 0 Å². The van der Waals surface area contributed by atoms with E-state index in [0.29, 0.717) is 0 Å². The molecule has 15 heavy (non-hydrogen) atoms. The second-order valence-electron chi connectivity index (χ2n) is 3.76. The molecule has 0 heteroatoms. The number of hydrogen-bond donors (Lipinski definition) is 0. The Morgan fingerprint density at radius 2 is 1.93 bits per heavy atom. The highest BCUT2D eigenvalue weighted by Gasteiger charge is 2.00. The molecule has 0 unspecified atom stereocenters. The maximum Gasteiger partial charge on any atom is -0.0155 e. The molecule has 0 saturated heterocycles. The second kappa shape index (κ2) is 5.35. The molecule has 78 valence electrons. The molecule has 0 atom stereocenters. The van der Waals surface area contributed by atoms with Gasteiger partial charge in [-0.15, -0.1) is 0 Å². The summed E-state index contributed by atoms with van der Waals surface area (Å²) in [7, 11) is 0. The fraction of sp³-hybridized carbons (Fsp3) is 0.200. The monoisotopic (exact) mass is 198 g/mol. The Kier molecular flexibility index (Phi) is 4.11. The van der Waals surface area contributed by atoms with E-state index in [1.54, 1.807) is 0 Å². The lowest BCUT2D eigenvalue weighted by molar-refractivity contribution is 1.42. The predicted molar refractivity (Wildman–Crippen MR) is 68.8 cm³/mol. The average molecular weight is 198 g/mol. The highest BCUT2D eigenvalue weighted by molar-refractivity contribution is 5.77. The molecule has 1 rings (SSSR count). The smallest absolute Gasteiger partial charge is 0.0155 e. The molecule has 0 aromatic heterocycles. The van der Waals surface area contributed by atoms with Crippen LogP contribution in [0.1, 0.15) is 25.0 Å². The van der Waals surface area contributed by atoms with Gasteiger partial charge in [0.1, 0.15) is 0 Å². The van der Waals surface area contributed by atoms with Gasteiger partial charge in [0.05, 0.1) is 0 Å². The molecule has 0 saturated carbocycles. The first kappa shape index (κ1) is 11.5. The Balaban J connectivity index is 3.22. The summed E-state index contributed by atoms with van der Waals surface area (Å²) in [5.74, 6) is 0. The maximum atomic E-state index is 3.92. The number of benzene rings is 1. The van der Waals surface area contributed by atoms with Crippen LogP contribution in [0.3, 0.4) is 0 Å². The number of rotatable bonds is 3. The van der Waals surface area contributed by atoms with Crippen LogP contribution in [0.25, 0.3) is 5.57 Å².